The number of rotatable bonds is 5. The number of hydrogen-bond donors (Lipinski definition) is 2. The maximum atomic E-state index is 12.0. The standard InChI is InChI=1S/C11H20N2O4.ClH/c1-2-17-9(14)7-13-10(15)11(8-12)3-5-16-6-4-11;/h2-8,12H2,1H3,(H,13,15);1H. The number of esters is 1. The third kappa shape index (κ3) is 4.44. The number of ether oxygens (including phenoxy) is 2. The Balaban J connectivity index is 0.00000289. The van der Waals surface area contributed by atoms with Gasteiger partial charge in [-0.1, -0.05) is 0 Å². The quantitative estimate of drug-likeness (QED) is 0.683. The summed E-state index contributed by atoms with van der Waals surface area (Å²) in [6.45, 7) is 3.26. The van der Waals surface area contributed by atoms with E-state index in [1.165, 1.54) is 0 Å². The maximum Gasteiger partial charge on any atom is 0.325 e. The summed E-state index contributed by atoms with van der Waals surface area (Å²) in [5, 5.41) is 2.58. The molecule has 0 spiro atoms. The molecule has 1 aliphatic rings. The minimum absolute atomic E-state index is 0. The second kappa shape index (κ2) is 8.29. The first kappa shape index (κ1) is 17.2. The topological polar surface area (TPSA) is 90.7 Å². The van der Waals surface area contributed by atoms with Crippen LogP contribution in [0.4, 0.5) is 0 Å². The lowest BCUT2D eigenvalue weighted by Crippen LogP contribution is -2.50. The Bertz CT molecular complexity index is 280. The van der Waals surface area contributed by atoms with Gasteiger partial charge in [-0.2, -0.15) is 0 Å². The molecule has 0 unspecified atom stereocenters. The molecule has 6 nitrogen and oxygen atoms in total. The Morgan fingerprint density at radius 2 is 2.00 bits per heavy atom. The third-order valence-electron chi connectivity index (χ3n) is 3.02. The minimum Gasteiger partial charge on any atom is -0.465 e. The van der Waals surface area contributed by atoms with Gasteiger partial charge >= 0.3 is 5.97 Å². The summed E-state index contributed by atoms with van der Waals surface area (Å²) in [6, 6.07) is 0. The van der Waals surface area contributed by atoms with Crippen LogP contribution in [0, 0.1) is 5.41 Å². The smallest absolute Gasteiger partial charge is 0.325 e. The normalized spacial score (nSPS) is 17.4. The van der Waals surface area contributed by atoms with Crippen LogP contribution in [-0.2, 0) is 19.1 Å². The fourth-order valence-electron chi connectivity index (χ4n) is 1.84. The van der Waals surface area contributed by atoms with Crippen molar-refractivity contribution in [3.63, 3.8) is 0 Å². The van der Waals surface area contributed by atoms with Gasteiger partial charge in [-0.15, -0.1) is 12.4 Å². The molecule has 0 saturated carbocycles. The van der Waals surface area contributed by atoms with Crippen LogP contribution in [0.15, 0.2) is 0 Å². The van der Waals surface area contributed by atoms with Gasteiger partial charge < -0.3 is 20.5 Å². The number of hydrogen-bond acceptors (Lipinski definition) is 5. The van der Waals surface area contributed by atoms with E-state index in [9.17, 15) is 9.59 Å². The molecule has 1 amide bonds. The minimum atomic E-state index is -0.593. The summed E-state index contributed by atoms with van der Waals surface area (Å²) in [7, 11) is 0. The largest absolute Gasteiger partial charge is 0.465 e. The Morgan fingerprint density at radius 3 is 2.50 bits per heavy atom. The van der Waals surface area contributed by atoms with Gasteiger partial charge in [0.25, 0.3) is 0 Å². The second-order valence-corrected chi connectivity index (χ2v) is 4.08. The highest BCUT2D eigenvalue weighted by molar-refractivity contribution is 5.86. The molecule has 3 N–H and O–H groups in total. The van der Waals surface area contributed by atoms with E-state index < -0.39 is 11.4 Å². The fourth-order valence-corrected chi connectivity index (χ4v) is 1.84. The van der Waals surface area contributed by atoms with Gasteiger partial charge in [-0.3, -0.25) is 9.59 Å². The first-order chi connectivity index (χ1) is 8.14. The average molecular weight is 281 g/mol. The van der Waals surface area contributed by atoms with Crippen LogP contribution in [0.2, 0.25) is 0 Å². The molecule has 0 atom stereocenters. The number of nitrogens with one attached hydrogen (secondary N) is 1. The number of halogens is 1. The van der Waals surface area contributed by atoms with Gasteiger partial charge in [0, 0.05) is 19.8 Å². The first-order valence-corrected chi connectivity index (χ1v) is 5.86. The lowest BCUT2D eigenvalue weighted by atomic mass is 9.79. The molecule has 0 bridgehead atoms. The van der Waals surface area contributed by atoms with Crippen molar-refractivity contribution in [3.05, 3.63) is 0 Å². The molecule has 0 aromatic carbocycles. The Labute approximate surface area is 113 Å². The lowest BCUT2D eigenvalue weighted by Gasteiger charge is -2.34. The van der Waals surface area contributed by atoms with E-state index in [2.05, 4.69) is 5.32 Å². The van der Waals surface area contributed by atoms with Crippen molar-refractivity contribution >= 4 is 24.3 Å². The van der Waals surface area contributed by atoms with Crippen LogP contribution in [0.5, 0.6) is 0 Å². The zero-order valence-electron chi connectivity index (χ0n) is 10.6. The van der Waals surface area contributed by atoms with E-state index in [-0.39, 0.29) is 31.4 Å². The van der Waals surface area contributed by atoms with Crippen LogP contribution in [0.25, 0.3) is 0 Å². The molecule has 1 fully saturated rings. The molecule has 1 saturated heterocycles. The molecule has 0 aromatic rings. The van der Waals surface area contributed by atoms with E-state index in [4.69, 9.17) is 15.2 Å². The van der Waals surface area contributed by atoms with Crippen LogP contribution < -0.4 is 11.1 Å². The summed E-state index contributed by atoms with van der Waals surface area (Å²) in [6.07, 6.45) is 1.19. The third-order valence-corrected chi connectivity index (χ3v) is 3.02. The highest BCUT2D eigenvalue weighted by Crippen LogP contribution is 2.29. The fraction of sp³-hybridized carbons (Fsp3) is 0.818. The monoisotopic (exact) mass is 280 g/mol. The SMILES string of the molecule is CCOC(=O)CNC(=O)C1(CN)CCOCC1.Cl. The molecule has 7 heteroatoms. The van der Waals surface area contributed by atoms with Crippen molar-refractivity contribution in [1.82, 2.24) is 5.32 Å². The Kier molecular flexibility index (Phi) is 7.90. The van der Waals surface area contributed by atoms with E-state index in [1.54, 1.807) is 6.92 Å². The van der Waals surface area contributed by atoms with Crippen molar-refractivity contribution < 1.29 is 19.1 Å². The first-order valence-electron chi connectivity index (χ1n) is 5.86. The van der Waals surface area contributed by atoms with Crippen molar-refractivity contribution in [2.45, 2.75) is 19.8 Å². The summed E-state index contributed by atoms with van der Waals surface area (Å²) in [5.41, 5.74) is 5.08. The molecule has 0 aromatic heterocycles. The van der Waals surface area contributed by atoms with E-state index in [0.29, 0.717) is 32.7 Å². The molecule has 1 rings (SSSR count). The molecule has 1 aliphatic heterocycles. The van der Waals surface area contributed by atoms with E-state index in [1.807, 2.05) is 0 Å². The predicted octanol–water partition coefficient (Wildman–Crippen LogP) is -0.157. The second-order valence-electron chi connectivity index (χ2n) is 4.08. The number of nitrogens with two attached hydrogens (primary N) is 1. The molecule has 18 heavy (non-hydrogen) atoms. The number of amides is 1. The zero-order chi connectivity index (χ0) is 12.7. The van der Waals surface area contributed by atoms with Crippen LogP contribution in [0.1, 0.15) is 19.8 Å². The molecule has 1 heterocycles. The molecular formula is C11H21ClN2O4. The highest BCUT2D eigenvalue weighted by atomic mass is 35.5. The number of carbonyl (C=O) groups is 2. The molecular weight excluding hydrogens is 260 g/mol. The van der Waals surface area contributed by atoms with Gasteiger partial charge in [-0.25, -0.2) is 0 Å². The average Bonchev–Trinajstić information content (AvgIpc) is 2.37. The Hall–Kier alpha value is -0.850. The highest BCUT2D eigenvalue weighted by Gasteiger charge is 2.38. The van der Waals surface area contributed by atoms with Crippen molar-refractivity contribution in [1.29, 1.82) is 0 Å². The van der Waals surface area contributed by atoms with Crippen molar-refractivity contribution in [2.24, 2.45) is 11.1 Å². The van der Waals surface area contributed by atoms with Crippen molar-refractivity contribution in [3.8, 4) is 0 Å². The maximum absolute atomic E-state index is 12.0. The summed E-state index contributed by atoms with van der Waals surface area (Å²) in [4.78, 5) is 23.1. The van der Waals surface area contributed by atoms with Gasteiger partial charge in [0.1, 0.15) is 6.54 Å². The zero-order valence-corrected chi connectivity index (χ0v) is 11.4. The molecule has 0 aliphatic carbocycles. The van der Waals surface area contributed by atoms with Gasteiger partial charge in [0.2, 0.25) is 5.91 Å². The molecule has 0 radical (unpaired) electrons. The lowest BCUT2D eigenvalue weighted by molar-refractivity contribution is -0.145. The van der Waals surface area contributed by atoms with Gasteiger partial charge in [0.15, 0.2) is 0 Å². The van der Waals surface area contributed by atoms with Crippen LogP contribution >= 0.6 is 12.4 Å². The van der Waals surface area contributed by atoms with Gasteiger partial charge in [0.05, 0.1) is 12.0 Å². The summed E-state index contributed by atoms with van der Waals surface area (Å²) >= 11 is 0. The van der Waals surface area contributed by atoms with Gasteiger partial charge in [-0.05, 0) is 19.8 Å². The summed E-state index contributed by atoms with van der Waals surface area (Å²) in [5.74, 6) is -0.614. The summed E-state index contributed by atoms with van der Waals surface area (Å²) < 4.78 is 9.95. The molecule has 106 valence electrons. The van der Waals surface area contributed by atoms with Crippen LogP contribution in [0.3, 0.4) is 0 Å². The van der Waals surface area contributed by atoms with Crippen LogP contribution in [-0.4, -0.2) is 44.8 Å². The van der Waals surface area contributed by atoms with E-state index >= 15 is 0 Å². The van der Waals surface area contributed by atoms with Crippen molar-refractivity contribution in [2.75, 3.05) is 32.9 Å². The van der Waals surface area contributed by atoms with E-state index in [0.717, 1.165) is 0 Å². The predicted molar refractivity (Wildman–Crippen MR) is 68.4 cm³/mol. The Morgan fingerprint density at radius 1 is 1.39 bits per heavy atom. The number of carbonyl (C=O) groups excluding carboxylic acids is 2.